The number of thioether (sulfide) groups is 1. The summed E-state index contributed by atoms with van der Waals surface area (Å²) < 4.78 is 0. The van der Waals surface area contributed by atoms with Gasteiger partial charge in [-0.15, -0.1) is 11.8 Å². The van der Waals surface area contributed by atoms with Crippen molar-refractivity contribution in [2.75, 3.05) is 13.1 Å². The monoisotopic (exact) mass is 237 g/mol. The molecule has 88 valence electrons. The van der Waals surface area contributed by atoms with Crippen LogP contribution in [0.5, 0.6) is 0 Å². The predicted octanol–water partition coefficient (Wildman–Crippen LogP) is 2.98. The van der Waals surface area contributed by atoms with Crippen LogP contribution in [0.2, 0.25) is 0 Å². The topological polar surface area (TPSA) is 29.1 Å². The van der Waals surface area contributed by atoms with Gasteiger partial charge in [-0.05, 0) is 18.7 Å². The minimum Gasteiger partial charge on any atom is -0.310 e. The zero-order valence-corrected chi connectivity index (χ0v) is 10.9. The van der Waals surface area contributed by atoms with Crippen LogP contribution in [0.15, 0.2) is 29.2 Å². The molecule has 0 atom stereocenters. The molecule has 0 fully saturated rings. The third kappa shape index (κ3) is 4.37. The first-order valence-corrected chi connectivity index (χ1v) is 6.52. The lowest BCUT2D eigenvalue weighted by Crippen LogP contribution is -2.22. The van der Waals surface area contributed by atoms with E-state index in [9.17, 15) is 4.79 Å². The van der Waals surface area contributed by atoms with Crippen LogP contribution in [0.3, 0.4) is 0 Å². The molecule has 0 heterocycles. The maximum absolute atomic E-state index is 11.7. The van der Waals surface area contributed by atoms with Gasteiger partial charge < -0.3 is 5.32 Å². The Bertz CT molecular complexity index is 332. The predicted molar refractivity (Wildman–Crippen MR) is 70.3 cm³/mol. The summed E-state index contributed by atoms with van der Waals surface area (Å²) in [6.07, 6.45) is 0. The minimum atomic E-state index is 0.156. The van der Waals surface area contributed by atoms with E-state index in [1.165, 1.54) is 4.90 Å². The summed E-state index contributed by atoms with van der Waals surface area (Å²) in [5, 5.41) is 3.61. The zero-order chi connectivity index (χ0) is 12.0. The van der Waals surface area contributed by atoms with Crippen molar-refractivity contribution in [1.82, 2.24) is 5.32 Å². The molecule has 0 saturated heterocycles. The summed E-state index contributed by atoms with van der Waals surface area (Å²) >= 11 is 1.81. The van der Waals surface area contributed by atoms with Gasteiger partial charge in [0.2, 0.25) is 0 Å². The van der Waals surface area contributed by atoms with Crippen molar-refractivity contribution in [2.45, 2.75) is 30.9 Å². The molecule has 0 amide bonds. The first kappa shape index (κ1) is 13.3. The molecule has 3 heteroatoms. The second-order valence-electron chi connectivity index (χ2n) is 3.89. The van der Waals surface area contributed by atoms with Gasteiger partial charge >= 0.3 is 0 Å². The molecule has 1 N–H and O–H groups in total. The largest absolute Gasteiger partial charge is 0.310 e. The maximum atomic E-state index is 11.7. The SMILES string of the molecule is CCNCC(=O)c1ccc(SC(C)C)cc1. The quantitative estimate of drug-likeness (QED) is 0.609. The standard InChI is InChI=1S/C13H19NOS/c1-4-14-9-13(15)11-5-7-12(8-6-11)16-10(2)3/h5-8,10,14H,4,9H2,1-3H3. The molecule has 1 aromatic carbocycles. The number of ketones is 1. The molecule has 2 nitrogen and oxygen atoms in total. The van der Waals surface area contributed by atoms with Gasteiger partial charge in [0, 0.05) is 15.7 Å². The van der Waals surface area contributed by atoms with Gasteiger partial charge in [-0.3, -0.25) is 4.79 Å². The summed E-state index contributed by atoms with van der Waals surface area (Å²) in [6.45, 7) is 7.57. The maximum Gasteiger partial charge on any atom is 0.176 e. The summed E-state index contributed by atoms with van der Waals surface area (Å²) in [7, 11) is 0. The number of likely N-dealkylation sites (N-methyl/N-ethyl adjacent to an activating group) is 1. The number of nitrogens with one attached hydrogen (secondary N) is 1. The van der Waals surface area contributed by atoms with Gasteiger partial charge in [0.25, 0.3) is 0 Å². The van der Waals surface area contributed by atoms with Crippen LogP contribution in [0.1, 0.15) is 31.1 Å². The van der Waals surface area contributed by atoms with E-state index in [0.717, 1.165) is 12.1 Å². The number of Topliss-reactive ketones (excluding diaryl/α,β-unsaturated/α-hetero) is 1. The molecule has 0 aliphatic rings. The Balaban J connectivity index is 2.60. The highest BCUT2D eigenvalue weighted by atomic mass is 32.2. The fourth-order valence-electron chi connectivity index (χ4n) is 1.33. The minimum absolute atomic E-state index is 0.156. The summed E-state index contributed by atoms with van der Waals surface area (Å²) in [5.41, 5.74) is 0.786. The number of carbonyl (C=O) groups excluding carboxylic acids is 1. The Labute approximate surface area is 102 Å². The van der Waals surface area contributed by atoms with Gasteiger partial charge in [0.1, 0.15) is 0 Å². The molecule has 0 spiro atoms. The molecule has 0 aliphatic carbocycles. The molecule has 0 bridgehead atoms. The van der Waals surface area contributed by atoms with E-state index in [-0.39, 0.29) is 5.78 Å². The van der Waals surface area contributed by atoms with E-state index >= 15 is 0 Å². The Morgan fingerprint density at radius 1 is 1.31 bits per heavy atom. The van der Waals surface area contributed by atoms with E-state index < -0.39 is 0 Å². The second kappa shape index (κ2) is 6.71. The van der Waals surface area contributed by atoms with Crippen LogP contribution in [-0.2, 0) is 0 Å². The highest BCUT2D eigenvalue weighted by Gasteiger charge is 2.05. The van der Waals surface area contributed by atoms with E-state index in [4.69, 9.17) is 0 Å². The smallest absolute Gasteiger partial charge is 0.176 e. The molecule has 0 unspecified atom stereocenters. The van der Waals surface area contributed by atoms with Crippen LogP contribution < -0.4 is 5.32 Å². The fourth-order valence-corrected chi connectivity index (χ4v) is 2.17. The fraction of sp³-hybridized carbons (Fsp3) is 0.462. The van der Waals surface area contributed by atoms with Crippen molar-refractivity contribution in [1.29, 1.82) is 0 Å². The zero-order valence-electron chi connectivity index (χ0n) is 10.1. The third-order valence-electron chi connectivity index (χ3n) is 2.08. The van der Waals surface area contributed by atoms with Gasteiger partial charge in [0.15, 0.2) is 5.78 Å². The van der Waals surface area contributed by atoms with Gasteiger partial charge in [-0.2, -0.15) is 0 Å². The van der Waals surface area contributed by atoms with E-state index in [0.29, 0.717) is 11.8 Å². The van der Waals surface area contributed by atoms with Crippen LogP contribution in [0.4, 0.5) is 0 Å². The average molecular weight is 237 g/mol. The molecule has 0 radical (unpaired) electrons. The molecule has 0 aliphatic heterocycles. The molecular formula is C13H19NOS. The van der Waals surface area contributed by atoms with Crippen molar-refractivity contribution in [3.8, 4) is 0 Å². The number of benzene rings is 1. The van der Waals surface area contributed by atoms with Crippen molar-refractivity contribution >= 4 is 17.5 Å². The van der Waals surface area contributed by atoms with Crippen molar-refractivity contribution in [3.05, 3.63) is 29.8 Å². The Morgan fingerprint density at radius 3 is 2.44 bits per heavy atom. The summed E-state index contributed by atoms with van der Waals surface area (Å²) in [4.78, 5) is 12.9. The molecule has 0 aromatic heterocycles. The number of rotatable bonds is 6. The van der Waals surface area contributed by atoms with Crippen LogP contribution in [-0.4, -0.2) is 24.1 Å². The molecule has 0 saturated carbocycles. The van der Waals surface area contributed by atoms with Crippen molar-refractivity contribution in [2.24, 2.45) is 0 Å². The van der Waals surface area contributed by atoms with Crippen LogP contribution in [0, 0.1) is 0 Å². The van der Waals surface area contributed by atoms with Crippen molar-refractivity contribution in [3.63, 3.8) is 0 Å². The lowest BCUT2D eigenvalue weighted by molar-refractivity contribution is 0.0991. The lowest BCUT2D eigenvalue weighted by Gasteiger charge is -2.06. The Kier molecular flexibility index (Phi) is 5.56. The normalized spacial score (nSPS) is 10.8. The van der Waals surface area contributed by atoms with Crippen LogP contribution >= 0.6 is 11.8 Å². The van der Waals surface area contributed by atoms with Gasteiger partial charge in [0.05, 0.1) is 6.54 Å². The highest BCUT2D eigenvalue weighted by Crippen LogP contribution is 2.22. The number of hydrogen-bond donors (Lipinski definition) is 1. The van der Waals surface area contributed by atoms with E-state index in [1.807, 2.05) is 43.0 Å². The molecule has 1 aromatic rings. The molecule has 1 rings (SSSR count). The first-order chi connectivity index (χ1) is 7.63. The Hall–Kier alpha value is -0.800. The summed E-state index contributed by atoms with van der Waals surface area (Å²) in [5.74, 6) is 0.156. The van der Waals surface area contributed by atoms with Gasteiger partial charge in [-0.25, -0.2) is 0 Å². The van der Waals surface area contributed by atoms with Crippen LogP contribution in [0.25, 0.3) is 0 Å². The second-order valence-corrected chi connectivity index (χ2v) is 5.54. The Morgan fingerprint density at radius 2 is 1.94 bits per heavy atom. The lowest BCUT2D eigenvalue weighted by atomic mass is 10.1. The highest BCUT2D eigenvalue weighted by molar-refractivity contribution is 7.99. The van der Waals surface area contributed by atoms with E-state index in [2.05, 4.69) is 19.2 Å². The van der Waals surface area contributed by atoms with Crippen molar-refractivity contribution < 1.29 is 4.79 Å². The average Bonchev–Trinajstić information content (AvgIpc) is 2.26. The molecular weight excluding hydrogens is 218 g/mol. The first-order valence-electron chi connectivity index (χ1n) is 5.64. The summed E-state index contributed by atoms with van der Waals surface area (Å²) in [6, 6.07) is 7.85. The number of hydrogen-bond acceptors (Lipinski definition) is 3. The van der Waals surface area contributed by atoms with E-state index in [1.54, 1.807) is 0 Å². The third-order valence-corrected chi connectivity index (χ3v) is 3.10. The number of carbonyl (C=O) groups is 1. The molecule has 16 heavy (non-hydrogen) atoms. The van der Waals surface area contributed by atoms with Gasteiger partial charge in [-0.1, -0.05) is 32.9 Å².